The lowest BCUT2D eigenvalue weighted by Crippen LogP contribution is -2.56. The van der Waals surface area contributed by atoms with Gasteiger partial charge in [-0.1, -0.05) is 142 Å². The molecule has 8 aromatic heterocycles. The molecule has 0 bridgehead atoms. The van der Waals surface area contributed by atoms with Crippen molar-refractivity contribution in [3.8, 4) is 0 Å². The second kappa shape index (κ2) is 54.3. The van der Waals surface area contributed by atoms with Crippen molar-refractivity contribution in [1.82, 2.24) is 55.0 Å². The number of hydrogen-bond donors (Lipinski definition) is 4. The fraction of sp³-hybridized carbons (Fsp3) is 0.637. The number of pyridine rings is 8. The first-order valence-electron chi connectivity index (χ1n) is 52.6. The summed E-state index contributed by atoms with van der Waals surface area (Å²) in [6.07, 6.45) is 29.6. The van der Waals surface area contributed by atoms with E-state index in [0.29, 0.717) is 71.3 Å². The van der Waals surface area contributed by atoms with E-state index in [1.165, 1.54) is 109 Å². The third-order valence-electron chi connectivity index (χ3n) is 29.6. The number of nitrogens with zero attached hydrogens (tertiary/aromatic N) is 17. The van der Waals surface area contributed by atoms with Crippen LogP contribution in [0, 0.1) is 11.7 Å². The van der Waals surface area contributed by atoms with Gasteiger partial charge in [-0.2, -0.15) is 0 Å². The molecule has 17 heterocycles. The number of hydrogen-bond acceptors (Lipinski definition) is 22. The van der Waals surface area contributed by atoms with Gasteiger partial charge >= 0.3 is 0 Å². The van der Waals surface area contributed by atoms with Gasteiger partial charge < -0.3 is 64.6 Å². The lowest BCUT2D eigenvalue weighted by Gasteiger charge is -2.48. The largest absolute Gasteiger partial charge is 0.393 e. The van der Waals surface area contributed by atoms with Gasteiger partial charge in [0.15, 0.2) is 0 Å². The Morgan fingerprint density at radius 2 is 0.727 bits per heavy atom. The molecule has 23 nitrogen and oxygen atoms in total. The van der Waals surface area contributed by atoms with Crippen molar-refractivity contribution >= 4 is 46.0 Å². The van der Waals surface area contributed by atoms with Crippen molar-refractivity contribution in [2.45, 2.75) is 323 Å². The standard InChI is InChI=1S/C18H29N3O.C15H25N3.C15H24N2.C13H18F2N2.C13H19FN2O.C13H18N2O.2C13H20N2O/c1-15(2)17-5-4-16(14-19-17)20-8-6-18(3,7-9-20)21-10-12-22-13-11-21;1-12(2)14-6-5-13(11-17-14)18-9-7-15(3,16-4)8-10-18;1-4-13-7-9-17(10-8-13)14-5-6-15(12(2)3)16-11-14;1-10(2)11-3-4-12(16-9-11)17-7-5-13(14,15)6-8-17;1-9(2)13-12(14)7-10(8-15-13)16-5-3-11(17)4-6-16;1-9(2)12-5-4-10(8-14-12)11-6-7-15(3)13(11)16;1-10(2)13-4-3-11(9-14-13)15-7-5-12(16)6-8-15;1-10(2)11-3-4-13(14-9-11)15-7-5-12(16)6-8-15/h4-5,14-15H,6-13H2,1-3H3;5-6,11-12,16H,7-10H2,1-4H3;5-6,11-13H,4,7-10H2,1-3H3;3-4,9-10H,5-8H2,1-2H3;7-9,11,17H,3-6H2,1-2H3;4-5,8-9,11H,6-7H2,1-3H3;2*3-4,9-10,12,16H,5-8H2,1-2H3. The van der Waals surface area contributed by atoms with Gasteiger partial charge in [0.2, 0.25) is 5.91 Å². The van der Waals surface area contributed by atoms with Crippen LogP contribution in [0.1, 0.15) is 338 Å². The predicted octanol–water partition coefficient (Wildman–Crippen LogP) is 21.7. The number of piperidine rings is 7. The zero-order valence-corrected chi connectivity index (χ0v) is 88.4. The molecule has 4 N–H and O–H groups in total. The van der Waals surface area contributed by atoms with Crippen LogP contribution < -0.4 is 39.6 Å². The van der Waals surface area contributed by atoms with Crippen LogP contribution in [0.15, 0.2) is 141 Å². The molecule has 1 unspecified atom stereocenters. The Bertz CT molecular complexity index is 4730. The molecule has 1 atom stereocenters. The maximum atomic E-state index is 13.8. The monoisotopic (exact) mass is 1920 g/mol. The highest BCUT2D eigenvalue weighted by Crippen LogP contribution is 2.37. The van der Waals surface area contributed by atoms with Gasteiger partial charge in [0.05, 0.1) is 103 Å². The molecule has 766 valence electrons. The maximum Gasteiger partial charge on any atom is 0.251 e. The number of likely N-dealkylation sites (tertiary alicyclic amines) is 1. The van der Waals surface area contributed by atoms with Gasteiger partial charge in [-0.05, 0) is 241 Å². The third kappa shape index (κ3) is 34.3. The number of alkyl halides is 2. The molecule has 0 aromatic carbocycles. The van der Waals surface area contributed by atoms with E-state index in [1.54, 1.807) is 17.2 Å². The number of rotatable bonds is 19. The van der Waals surface area contributed by atoms with E-state index in [0.717, 1.165) is 183 Å². The highest BCUT2D eigenvalue weighted by molar-refractivity contribution is 5.85. The van der Waals surface area contributed by atoms with E-state index in [4.69, 9.17) is 4.74 Å². The van der Waals surface area contributed by atoms with Gasteiger partial charge in [0, 0.05) is 195 Å². The molecule has 9 aliphatic rings. The summed E-state index contributed by atoms with van der Waals surface area (Å²) in [6, 6.07) is 31.3. The first kappa shape index (κ1) is 112. The number of halogens is 3. The summed E-state index contributed by atoms with van der Waals surface area (Å²) in [7, 11) is 3.92. The van der Waals surface area contributed by atoms with E-state index in [1.807, 2.05) is 93.4 Å². The number of aromatic nitrogens is 8. The number of ether oxygens (including phenoxy) is 1. The summed E-state index contributed by atoms with van der Waals surface area (Å²) in [5, 5.41) is 31.8. The van der Waals surface area contributed by atoms with Crippen LogP contribution in [0.25, 0.3) is 0 Å². The highest BCUT2D eigenvalue weighted by atomic mass is 19.3. The first-order valence-corrected chi connectivity index (χ1v) is 52.6. The SMILES string of the molecule is CC(C)c1ccc(C2CCN(C)C2=O)cn1.CC(C)c1ccc(N2CCC(C)(N3CCOCC3)CC2)cn1.CC(C)c1ccc(N2CCC(F)(F)CC2)nc1.CC(C)c1ccc(N2CCC(O)CC2)cn1.CC(C)c1ccc(N2CCC(O)CC2)nc1.CC(C)c1ncc(N2CCC(O)CC2)cc1F.CCC1CCN(c2ccc(C(C)C)nc2)CC1.CNC1(C)CCN(c2ccc(C(C)C)nc2)CC1. The fourth-order valence-electron chi connectivity index (χ4n) is 18.9. The number of carbonyl (C=O) groups excluding carboxylic acids is 1. The van der Waals surface area contributed by atoms with E-state index in [-0.39, 0.29) is 54.7 Å². The molecule has 0 saturated carbocycles. The number of amides is 1. The second-order valence-electron chi connectivity index (χ2n) is 42.8. The molecular weight excluding hydrogens is 1750 g/mol. The molecule has 0 radical (unpaired) electrons. The summed E-state index contributed by atoms with van der Waals surface area (Å²) in [4.78, 5) is 67.8. The van der Waals surface area contributed by atoms with Crippen LogP contribution in [0.5, 0.6) is 0 Å². The Labute approximate surface area is 833 Å². The quantitative estimate of drug-likeness (QED) is 0.0589. The molecule has 0 aliphatic carbocycles. The van der Waals surface area contributed by atoms with E-state index in [2.05, 4.69) is 265 Å². The minimum absolute atomic E-state index is 0.0266. The lowest BCUT2D eigenvalue weighted by molar-refractivity contribution is -0.127. The van der Waals surface area contributed by atoms with E-state index >= 15 is 0 Å². The normalized spacial score (nSPS) is 19.5. The maximum absolute atomic E-state index is 13.8. The highest BCUT2D eigenvalue weighted by Gasteiger charge is 2.39. The average molecular weight is 1920 g/mol. The Hall–Kier alpha value is -9.18. The number of likely N-dealkylation sites (N-methyl/N-ethyl adjacent to an activating group) is 1. The summed E-state index contributed by atoms with van der Waals surface area (Å²) < 4.78 is 45.3. The van der Waals surface area contributed by atoms with Crippen molar-refractivity contribution in [2.24, 2.45) is 5.92 Å². The Morgan fingerprint density at radius 1 is 0.381 bits per heavy atom. The summed E-state index contributed by atoms with van der Waals surface area (Å²) in [5.41, 5.74) is 16.3. The topological polar surface area (TPSA) is 231 Å². The molecule has 139 heavy (non-hydrogen) atoms. The molecule has 17 rings (SSSR count). The van der Waals surface area contributed by atoms with Crippen molar-refractivity contribution in [1.29, 1.82) is 0 Å². The lowest BCUT2D eigenvalue weighted by atomic mass is 9.87. The zero-order valence-electron chi connectivity index (χ0n) is 88.4. The smallest absolute Gasteiger partial charge is 0.251 e. The molecule has 26 heteroatoms. The van der Waals surface area contributed by atoms with Crippen LogP contribution in [-0.2, 0) is 9.53 Å². The minimum Gasteiger partial charge on any atom is -0.393 e. The number of morpholine rings is 1. The van der Waals surface area contributed by atoms with Crippen molar-refractivity contribution in [3.05, 3.63) is 197 Å². The summed E-state index contributed by atoms with van der Waals surface area (Å²) >= 11 is 0. The Kier molecular flexibility index (Phi) is 43.7. The number of nitrogens with one attached hydrogen (secondary N) is 1. The molecular formula is C113H173F3N18O5. The van der Waals surface area contributed by atoms with Crippen LogP contribution in [0.4, 0.5) is 53.2 Å². The predicted molar refractivity (Wildman–Crippen MR) is 567 cm³/mol. The third-order valence-corrected chi connectivity index (χ3v) is 29.6. The number of carbonyl (C=O) groups is 1. The van der Waals surface area contributed by atoms with Gasteiger partial charge in [0.25, 0.3) is 5.92 Å². The molecule has 8 aromatic rings. The number of aliphatic hydroxyl groups is 3. The molecule has 9 aliphatic heterocycles. The average Bonchev–Trinajstić information content (AvgIpc) is 1.27. The fourth-order valence-corrected chi connectivity index (χ4v) is 18.9. The Balaban J connectivity index is 0.000000164. The minimum atomic E-state index is -2.49. The van der Waals surface area contributed by atoms with Crippen molar-refractivity contribution in [2.75, 3.05) is 173 Å². The van der Waals surface area contributed by atoms with Crippen LogP contribution in [0.3, 0.4) is 0 Å². The summed E-state index contributed by atoms with van der Waals surface area (Å²) in [6.45, 7) is 58.8. The Morgan fingerprint density at radius 3 is 1.04 bits per heavy atom. The van der Waals surface area contributed by atoms with E-state index < -0.39 is 5.92 Å². The first-order chi connectivity index (χ1) is 66.3. The number of aliphatic hydroxyl groups excluding tert-OH is 3. The van der Waals surface area contributed by atoms with Gasteiger partial charge in [-0.3, -0.25) is 39.6 Å². The van der Waals surface area contributed by atoms with Gasteiger partial charge in [-0.25, -0.2) is 23.1 Å². The zero-order chi connectivity index (χ0) is 101. The molecule has 9 fully saturated rings. The molecule has 0 spiro atoms. The van der Waals surface area contributed by atoms with Crippen molar-refractivity contribution in [3.63, 3.8) is 0 Å². The van der Waals surface area contributed by atoms with Gasteiger partial charge in [-0.15, -0.1) is 0 Å². The molecule has 1 amide bonds. The second-order valence-corrected chi connectivity index (χ2v) is 42.8. The molecule has 9 saturated heterocycles. The van der Waals surface area contributed by atoms with Crippen LogP contribution in [-0.4, -0.2) is 245 Å². The van der Waals surface area contributed by atoms with Gasteiger partial charge in [0.1, 0.15) is 17.5 Å². The number of anilines is 7. The van der Waals surface area contributed by atoms with Crippen molar-refractivity contribution < 1.29 is 38.0 Å². The van der Waals surface area contributed by atoms with Crippen LogP contribution >= 0.6 is 0 Å². The van der Waals surface area contributed by atoms with E-state index in [9.17, 15) is 33.3 Å². The van der Waals surface area contributed by atoms with Crippen LogP contribution in [0.2, 0.25) is 0 Å². The summed E-state index contributed by atoms with van der Waals surface area (Å²) in [5.74, 6) is 3.85.